The van der Waals surface area contributed by atoms with Crippen molar-refractivity contribution in [2.75, 3.05) is 20.3 Å². The highest BCUT2D eigenvalue weighted by atomic mass is 35.5. The minimum absolute atomic E-state index is 0.107. The van der Waals surface area contributed by atoms with Crippen LogP contribution in [-0.4, -0.2) is 31.0 Å². The van der Waals surface area contributed by atoms with Crippen LogP contribution >= 0.6 is 11.6 Å². The maximum absolute atomic E-state index is 9.18. The molecule has 0 bridgehead atoms. The quantitative estimate of drug-likeness (QED) is 0.781. The standard InChI is InChI=1S/C17H22ClNO3/c1-17(9-10-20,12-21-2)19-11-13-7-8-16(22-13)14-5-3-4-6-15(14)18/h3-8,19-20H,9-12H2,1-2H3. The van der Waals surface area contributed by atoms with Crippen LogP contribution in [0.15, 0.2) is 40.8 Å². The summed E-state index contributed by atoms with van der Waals surface area (Å²) in [6, 6.07) is 11.4. The van der Waals surface area contributed by atoms with Gasteiger partial charge in [-0.2, -0.15) is 0 Å². The van der Waals surface area contributed by atoms with Gasteiger partial charge in [0.25, 0.3) is 0 Å². The number of hydrogen-bond acceptors (Lipinski definition) is 4. The Balaban J connectivity index is 2.05. The van der Waals surface area contributed by atoms with E-state index in [9.17, 15) is 5.11 Å². The van der Waals surface area contributed by atoms with Crippen molar-refractivity contribution < 1.29 is 14.3 Å². The Morgan fingerprint density at radius 3 is 2.73 bits per heavy atom. The molecule has 5 heteroatoms. The first-order chi connectivity index (χ1) is 10.6. The molecule has 0 spiro atoms. The molecule has 0 aliphatic rings. The van der Waals surface area contributed by atoms with Gasteiger partial charge in [-0.05, 0) is 37.6 Å². The van der Waals surface area contributed by atoms with Crippen LogP contribution < -0.4 is 5.32 Å². The van der Waals surface area contributed by atoms with E-state index < -0.39 is 0 Å². The van der Waals surface area contributed by atoms with Crippen LogP contribution in [0.4, 0.5) is 0 Å². The largest absolute Gasteiger partial charge is 0.460 e. The van der Waals surface area contributed by atoms with Gasteiger partial charge in [0, 0.05) is 24.8 Å². The van der Waals surface area contributed by atoms with Gasteiger partial charge in [0.1, 0.15) is 11.5 Å². The molecule has 0 aliphatic carbocycles. The highest BCUT2D eigenvalue weighted by Crippen LogP contribution is 2.29. The number of aliphatic hydroxyl groups is 1. The maximum atomic E-state index is 9.18. The molecule has 1 heterocycles. The number of rotatable bonds is 8. The van der Waals surface area contributed by atoms with E-state index in [0.717, 1.165) is 17.1 Å². The molecule has 2 aromatic rings. The van der Waals surface area contributed by atoms with Crippen LogP contribution in [0.25, 0.3) is 11.3 Å². The molecule has 2 rings (SSSR count). The summed E-state index contributed by atoms with van der Waals surface area (Å²) in [6.45, 7) is 3.20. The number of benzene rings is 1. The lowest BCUT2D eigenvalue weighted by atomic mass is 9.99. The highest BCUT2D eigenvalue weighted by molar-refractivity contribution is 6.33. The second kappa shape index (κ2) is 7.79. The van der Waals surface area contributed by atoms with Crippen molar-refractivity contribution in [3.05, 3.63) is 47.2 Å². The lowest BCUT2D eigenvalue weighted by molar-refractivity contribution is 0.0957. The van der Waals surface area contributed by atoms with Gasteiger partial charge in [-0.3, -0.25) is 0 Å². The van der Waals surface area contributed by atoms with Gasteiger partial charge in [-0.15, -0.1) is 0 Å². The molecule has 1 atom stereocenters. The predicted octanol–water partition coefficient (Wildman–Crippen LogP) is 3.48. The van der Waals surface area contributed by atoms with Crippen LogP contribution in [0.5, 0.6) is 0 Å². The zero-order valence-electron chi connectivity index (χ0n) is 12.9. The average Bonchev–Trinajstić information content (AvgIpc) is 2.95. The van der Waals surface area contributed by atoms with Gasteiger partial charge in [-0.25, -0.2) is 0 Å². The fourth-order valence-electron chi connectivity index (χ4n) is 2.36. The zero-order valence-corrected chi connectivity index (χ0v) is 13.7. The van der Waals surface area contributed by atoms with Gasteiger partial charge in [0.2, 0.25) is 0 Å². The molecule has 4 nitrogen and oxygen atoms in total. The predicted molar refractivity (Wildman–Crippen MR) is 88.0 cm³/mol. The van der Waals surface area contributed by atoms with Gasteiger partial charge in [0.15, 0.2) is 0 Å². The van der Waals surface area contributed by atoms with Crippen molar-refractivity contribution in [1.82, 2.24) is 5.32 Å². The summed E-state index contributed by atoms with van der Waals surface area (Å²) in [6.07, 6.45) is 0.610. The monoisotopic (exact) mass is 323 g/mol. The minimum Gasteiger partial charge on any atom is -0.460 e. The van der Waals surface area contributed by atoms with Gasteiger partial charge in [0.05, 0.1) is 18.2 Å². The number of ether oxygens (including phenoxy) is 1. The molecule has 120 valence electrons. The van der Waals surface area contributed by atoms with Crippen molar-refractivity contribution in [3.63, 3.8) is 0 Å². The van der Waals surface area contributed by atoms with Crippen molar-refractivity contribution in [2.24, 2.45) is 0 Å². The number of nitrogens with one attached hydrogen (secondary N) is 1. The van der Waals surface area contributed by atoms with E-state index in [-0.39, 0.29) is 12.1 Å². The Morgan fingerprint density at radius 2 is 2.05 bits per heavy atom. The molecule has 1 aromatic heterocycles. The first-order valence-electron chi connectivity index (χ1n) is 7.26. The maximum Gasteiger partial charge on any atom is 0.135 e. The van der Waals surface area contributed by atoms with E-state index in [2.05, 4.69) is 5.32 Å². The van der Waals surface area contributed by atoms with Crippen LogP contribution in [0, 0.1) is 0 Å². The topological polar surface area (TPSA) is 54.6 Å². The van der Waals surface area contributed by atoms with Crippen molar-refractivity contribution in [1.29, 1.82) is 0 Å². The summed E-state index contributed by atoms with van der Waals surface area (Å²) >= 11 is 6.18. The third-order valence-electron chi connectivity index (χ3n) is 3.62. The minimum atomic E-state index is -0.291. The number of halogens is 1. The molecule has 0 radical (unpaired) electrons. The van der Waals surface area contributed by atoms with E-state index in [4.69, 9.17) is 20.8 Å². The Hall–Kier alpha value is -1.33. The molecule has 0 amide bonds. The molecular weight excluding hydrogens is 302 g/mol. The molecule has 0 saturated carbocycles. The lowest BCUT2D eigenvalue weighted by Crippen LogP contribution is -2.46. The zero-order chi connectivity index (χ0) is 16.0. The summed E-state index contributed by atoms with van der Waals surface area (Å²) in [5.41, 5.74) is 0.589. The third-order valence-corrected chi connectivity index (χ3v) is 3.95. The smallest absolute Gasteiger partial charge is 0.135 e. The summed E-state index contributed by atoms with van der Waals surface area (Å²) < 4.78 is 11.1. The van der Waals surface area contributed by atoms with E-state index in [1.807, 2.05) is 43.3 Å². The fraction of sp³-hybridized carbons (Fsp3) is 0.412. The SMILES string of the molecule is COCC(C)(CCO)NCc1ccc(-c2ccccc2Cl)o1. The molecule has 22 heavy (non-hydrogen) atoms. The first-order valence-corrected chi connectivity index (χ1v) is 7.64. The second-order valence-corrected chi connectivity index (χ2v) is 5.97. The lowest BCUT2D eigenvalue weighted by Gasteiger charge is -2.29. The second-order valence-electron chi connectivity index (χ2n) is 5.57. The molecule has 1 unspecified atom stereocenters. The van der Waals surface area contributed by atoms with E-state index >= 15 is 0 Å². The number of methoxy groups -OCH3 is 1. The molecule has 2 N–H and O–H groups in total. The Bertz CT molecular complexity index is 591. The van der Waals surface area contributed by atoms with E-state index in [1.165, 1.54) is 0 Å². The molecule has 0 aliphatic heterocycles. The summed E-state index contributed by atoms with van der Waals surface area (Å²) in [5, 5.41) is 13.2. The molecular formula is C17H22ClNO3. The first kappa shape index (κ1) is 17.0. The van der Waals surface area contributed by atoms with E-state index in [1.54, 1.807) is 7.11 Å². The van der Waals surface area contributed by atoms with Crippen molar-refractivity contribution in [2.45, 2.75) is 25.4 Å². The Morgan fingerprint density at radius 1 is 1.27 bits per heavy atom. The number of aliphatic hydroxyl groups excluding tert-OH is 1. The van der Waals surface area contributed by atoms with Crippen molar-refractivity contribution in [3.8, 4) is 11.3 Å². The van der Waals surface area contributed by atoms with Crippen LogP contribution in [0.3, 0.4) is 0 Å². The Kier molecular flexibility index (Phi) is 6.03. The summed E-state index contributed by atoms with van der Waals surface area (Å²) in [7, 11) is 1.65. The highest BCUT2D eigenvalue weighted by Gasteiger charge is 2.23. The summed E-state index contributed by atoms with van der Waals surface area (Å²) in [4.78, 5) is 0. The molecule has 1 aromatic carbocycles. The van der Waals surface area contributed by atoms with Crippen LogP contribution in [-0.2, 0) is 11.3 Å². The van der Waals surface area contributed by atoms with Crippen LogP contribution in [0.1, 0.15) is 19.1 Å². The fourth-order valence-corrected chi connectivity index (χ4v) is 2.58. The Labute approximate surface area is 136 Å². The van der Waals surface area contributed by atoms with E-state index in [0.29, 0.717) is 24.6 Å². The number of furan rings is 1. The van der Waals surface area contributed by atoms with Gasteiger partial charge in [-0.1, -0.05) is 23.7 Å². The summed E-state index contributed by atoms with van der Waals surface area (Å²) in [5.74, 6) is 1.56. The average molecular weight is 324 g/mol. The van der Waals surface area contributed by atoms with Gasteiger partial charge < -0.3 is 19.6 Å². The number of hydrogen-bond donors (Lipinski definition) is 2. The molecule has 0 fully saturated rings. The molecule has 0 saturated heterocycles. The normalized spacial score (nSPS) is 14.0. The third kappa shape index (κ3) is 4.34. The van der Waals surface area contributed by atoms with Crippen molar-refractivity contribution >= 4 is 11.6 Å². The van der Waals surface area contributed by atoms with Gasteiger partial charge >= 0.3 is 0 Å². The van der Waals surface area contributed by atoms with Crippen LogP contribution in [0.2, 0.25) is 5.02 Å².